The van der Waals surface area contributed by atoms with Crippen molar-refractivity contribution in [2.75, 3.05) is 11.1 Å². The largest absolute Gasteiger partial charge is 0.399 e. The minimum absolute atomic E-state index is 0.279. The molecule has 1 aromatic carbocycles. The van der Waals surface area contributed by atoms with Crippen LogP contribution in [0.1, 0.15) is 44.6 Å². The summed E-state index contributed by atoms with van der Waals surface area (Å²) in [7, 11) is 0. The molecule has 1 saturated carbocycles. The van der Waals surface area contributed by atoms with E-state index in [0.29, 0.717) is 0 Å². The van der Waals surface area contributed by atoms with Crippen LogP contribution in [0.15, 0.2) is 18.2 Å². The molecule has 0 amide bonds. The second-order valence-electron chi connectivity index (χ2n) is 5.32. The number of nitrogen functional groups attached to an aromatic ring is 1. The summed E-state index contributed by atoms with van der Waals surface area (Å²) in [5.74, 6) is 0. The molecule has 2 rings (SSSR count). The smallest absolute Gasteiger partial charge is 0.0348 e. The Morgan fingerprint density at radius 1 is 1.19 bits per heavy atom. The minimum atomic E-state index is 0.279. The van der Waals surface area contributed by atoms with Crippen LogP contribution >= 0.6 is 0 Å². The molecule has 1 aromatic rings. The first kappa shape index (κ1) is 11.3. The molecule has 0 bridgehead atoms. The van der Waals surface area contributed by atoms with Gasteiger partial charge in [0.1, 0.15) is 0 Å². The lowest BCUT2D eigenvalue weighted by Crippen LogP contribution is -2.36. The lowest BCUT2D eigenvalue weighted by atomic mass is 9.83. The quantitative estimate of drug-likeness (QED) is 0.743. The van der Waals surface area contributed by atoms with Gasteiger partial charge in [0.2, 0.25) is 0 Å². The molecule has 0 aromatic heterocycles. The fraction of sp³-hybridized carbons (Fsp3) is 0.571. The Balaban J connectivity index is 2.10. The molecule has 2 nitrogen and oxygen atoms in total. The molecule has 1 aliphatic rings. The van der Waals surface area contributed by atoms with Gasteiger partial charge in [-0.15, -0.1) is 0 Å². The highest BCUT2D eigenvalue weighted by atomic mass is 15.0. The number of benzene rings is 1. The van der Waals surface area contributed by atoms with E-state index in [9.17, 15) is 0 Å². The van der Waals surface area contributed by atoms with Gasteiger partial charge in [-0.1, -0.05) is 19.3 Å². The van der Waals surface area contributed by atoms with E-state index in [0.717, 1.165) is 11.3 Å². The molecule has 0 unspecified atom stereocenters. The van der Waals surface area contributed by atoms with E-state index in [2.05, 4.69) is 31.3 Å². The van der Waals surface area contributed by atoms with Gasteiger partial charge >= 0.3 is 0 Å². The lowest BCUT2D eigenvalue weighted by molar-refractivity contribution is 0.349. The highest BCUT2D eigenvalue weighted by molar-refractivity contribution is 5.57. The lowest BCUT2D eigenvalue weighted by Gasteiger charge is -2.35. The monoisotopic (exact) mass is 218 g/mol. The molecule has 0 atom stereocenters. The number of anilines is 2. The second-order valence-corrected chi connectivity index (χ2v) is 5.32. The Kier molecular flexibility index (Phi) is 3.08. The number of nitrogens with two attached hydrogens (primary N) is 1. The van der Waals surface area contributed by atoms with Crippen LogP contribution in [0.3, 0.4) is 0 Å². The van der Waals surface area contributed by atoms with Crippen LogP contribution in [0, 0.1) is 6.92 Å². The van der Waals surface area contributed by atoms with Gasteiger partial charge < -0.3 is 11.1 Å². The standard InChI is InChI=1S/C14H22N2/c1-11-10-12(6-7-13(11)15)16-14(2)8-4-3-5-9-14/h6-7,10,16H,3-5,8-9,15H2,1-2H3. The Morgan fingerprint density at radius 2 is 1.88 bits per heavy atom. The van der Waals surface area contributed by atoms with Gasteiger partial charge in [-0.3, -0.25) is 0 Å². The molecule has 0 aliphatic heterocycles. The molecule has 3 N–H and O–H groups in total. The molecule has 0 heterocycles. The fourth-order valence-electron chi connectivity index (χ4n) is 2.56. The Labute approximate surface area is 98.2 Å². The Bertz CT molecular complexity index is 365. The maximum absolute atomic E-state index is 5.83. The summed E-state index contributed by atoms with van der Waals surface area (Å²) in [4.78, 5) is 0. The third-order valence-corrected chi connectivity index (χ3v) is 3.67. The zero-order valence-electron chi connectivity index (χ0n) is 10.3. The number of aryl methyl sites for hydroxylation is 1. The van der Waals surface area contributed by atoms with Crippen molar-refractivity contribution < 1.29 is 0 Å². The summed E-state index contributed by atoms with van der Waals surface area (Å²) in [5.41, 5.74) is 9.34. The van der Waals surface area contributed by atoms with Crippen LogP contribution in [-0.2, 0) is 0 Å². The molecular weight excluding hydrogens is 196 g/mol. The molecule has 0 spiro atoms. The van der Waals surface area contributed by atoms with Crippen molar-refractivity contribution in [1.82, 2.24) is 0 Å². The first-order valence-electron chi connectivity index (χ1n) is 6.23. The Morgan fingerprint density at radius 3 is 2.50 bits per heavy atom. The van der Waals surface area contributed by atoms with Crippen LogP contribution < -0.4 is 11.1 Å². The number of rotatable bonds is 2. The summed E-state index contributed by atoms with van der Waals surface area (Å²) < 4.78 is 0. The zero-order valence-corrected chi connectivity index (χ0v) is 10.3. The highest BCUT2D eigenvalue weighted by Gasteiger charge is 2.26. The van der Waals surface area contributed by atoms with E-state index in [1.165, 1.54) is 37.8 Å². The van der Waals surface area contributed by atoms with Gasteiger partial charge in [-0.25, -0.2) is 0 Å². The van der Waals surface area contributed by atoms with E-state index in [1.807, 2.05) is 6.07 Å². The van der Waals surface area contributed by atoms with Crippen molar-refractivity contribution in [3.05, 3.63) is 23.8 Å². The second kappa shape index (κ2) is 4.36. The SMILES string of the molecule is Cc1cc(NC2(C)CCCCC2)ccc1N. The van der Waals surface area contributed by atoms with E-state index < -0.39 is 0 Å². The van der Waals surface area contributed by atoms with E-state index in [1.54, 1.807) is 0 Å². The predicted octanol–water partition coefficient (Wildman–Crippen LogP) is 3.71. The van der Waals surface area contributed by atoms with E-state index in [-0.39, 0.29) is 5.54 Å². The van der Waals surface area contributed by atoms with Crippen molar-refractivity contribution in [2.45, 2.75) is 51.5 Å². The summed E-state index contributed by atoms with van der Waals surface area (Å²) in [6, 6.07) is 6.22. The molecule has 0 saturated heterocycles. The van der Waals surface area contributed by atoms with Crippen LogP contribution in [-0.4, -0.2) is 5.54 Å². The summed E-state index contributed by atoms with van der Waals surface area (Å²) in [6.07, 6.45) is 6.62. The van der Waals surface area contributed by atoms with Crippen LogP contribution in [0.2, 0.25) is 0 Å². The van der Waals surface area contributed by atoms with Gasteiger partial charge in [0, 0.05) is 16.9 Å². The molecule has 16 heavy (non-hydrogen) atoms. The molecule has 2 heteroatoms. The first-order chi connectivity index (χ1) is 7.59. The number of hydrogen-bond acceptors (Lipinski definition) is 2. The van der Waals surface area contributed by atoms with Gasteiger partial charge in [-0.2, -0.15) is 0 Å². The normalized spacial score (nSPS) is 19.4. The van der Waals surface area contributed by atoms with Crippen LogP contribution in [0.4, 0.5) is 11.4 Å². The van der Waals surface area contributed by atoms with Gasteiger partial charge in [-0.05, 0) is 50.5 Å². The van der Waals surface area contributed by atoms with Crippen molar-refractivity contribution in [3.8, 4) is 0 Å². The third kappa shape index (κ3) is 2.49. The average Bonchev–Trinajstić information content (AvgIpc) is 2.24. The van der Waals surface area contributed by atoms with Crippen molar-refractivity contribution in [2.24, 2.45) is 0 Å². The van der Waals surface area contributed by atoms with Crippen LogP contribution in [0.5, 0.6) is 0 Å². The van der Waals surface area contributed by atoms with E-state index >= 15 is 0 Å². The highest BCUT2D eigenvalue weighted by Crippen LogP contribution is 2.31. The zero-order chi connectivity index (χ0) is 11.6. The topological polar surface area (TPSA) is 38.0 Å². The third-order valence-electron chi connectivity index (χ3n) is 3.67. The molecule has 1 fully saturated rings. The van der Waals surface area contributed by atoms with Crippen LogP contribution in [0.25, 0.3) is 0 Å². The summed E-state index contributed by atoms with van der Waals surface area (Å²) in [5, 5.41) is 3.67. The molecular formula is C14H22N2. The average molecular weight is 218 g/mol. The van der Waals surface area contributed by atoms with Crippen molar-refractivity contribution in [1.29, 1.82) is 0 Å². The number of hydrogen-bond donors (Lipinski definition) is 2. The Hall–Kier alpha value is -1.18. The molecule has 0 radical (unpaired) electrons. The van der Waals surface area contributed by atoms with Crippen molar-refractivity contribution in [3.63, 3.8) is 0 Å². The van der Waals surface area contributed by atoms with Gasteiger partial charge in [0.15, 0.2) is 0 Å². The maximum Gasteiger partial charge on any atom is 0.0348 e. The predicted molar refractivity (Wildman–Crippen MR) is 70.7 cm³/mol. The van der Waals surface area contributed by atoms with Gasteiger partial charge in [0.05, 0.1) is 0 Å². The maximum atomic E-state index is 5.83. The number of nitrogens with one attached hydrogen (secondary N) is 1. The molecule has 88 valence electrons. The van der Waals surface area contributed by atoms with Gasteiger partial charge in [0.25, 0.3) is 0 Å². The summed E-state index contributed by atoms with van der Waals surface area (Å²) >= 11 is 0. The fourth-order valence-corrected chi connectivity index (χ4v) is 2.56. The van der Waals surface area contributed by atoms with E-state index in [4.69, 9.17) is 5.73 Å². The minimum Gasteiger partial charge on any atom is -0.399 e. The summed E-state index contributed by atoms with van der Waals surface area (Å²) in [6.45, 7) is 4.39. The molecule has 1 aliphatic carbocycles. The first-order valence-corrected chi connectivity index (χ1v) is 6.23. The van der Waals surface area contributed by atoms with Crippen molar-refractivity contribution >= 4 is 11.4 Å².